The fraction of sp³-hybridized carbons (Fsp3) is 0.160. The Morgan fingerprint density at radius 3 is 2.23 bits per heavy atom. The van der Waals surface area contributed by atoms with Crippen LogP contribution in [0.15, 0.2) is 115 Å². The van der Waals surface area contributed by atoms with Crippen molar-refractivity contribution in [3.05, 3.63) is 165 Å². The van der Waals surface area contributed by atoms with Crippen LogP contribution in [0.1, 0.15) is 88.2 Å². The molecule has 5 aliphatic rings. The lowest BCUT2D eigenvalue weighted by atomic mass is 9.85. The first-order valence-electron chi connectivity index (χ1n) is 19.6. The quantitative estimate of drug-likeness (QED) is 0.166. The largest absolute Gasteiger partial charge is 0.484 e. The summed E-state index contributed by atoms with van der Waals surface area (Å²) in [7, 11) is 0. The van der Waals surface area contributed by atoms with Crippen molar-refractivity contribution in [3.63, 3.8) is 0 Å². The van der Waals surface area contributed by atoms with Gasteiger partial charge in [0, 0.05) is 51.4 Å². The molecular weight excluding hydrogens is 687 g/mol. The number of rotatable bonds is 5. The third-order valence-corrected chi connectivity index (χ3v) is 12.7. The zero-order valence-electron chi connectivity index (χ0n) is 30.8. The second-order valence-corrected chi connectivity index (χ2v) is 15.5. The molecule has 4 heterocycles. The molecule has 0 bridgehead atoms. The van der Waals surface area contributed by atoms with Crippen molar-refractivity contribution in [2.75, 3.05) is 0 Å². The van der Waals surface area contributed by atoms with E-state index < -0.39 is 0 Å². The van der Waals surface area contributed by atoms with Gasteiger partial charge in [-0.25, -0.2) is 0 Å². The standard InChI is InChI=1S/C50H35N5O/c1-2-3-10-23-53-38-14-7-4-11-34(38)47-41(53)21-18-32-33-19-22-43-48(50(33)56-49(32)47)36-13-6-9-16-40(36)55(43)45-26-31(28-52)30(27-51)25-44(45)54-39-15-8-5-12-35(39)46-37-24-29(37)17-20-42(46)54/h2-3,5-9,12-22,24-26,33,37,50H,4,10-11,23H2,1H3/b3-2-/t33?,37-,50+/m1/s1. The van der Waals surface area contributed by atoms with E-state index in [2.05, 4.69) is 148 Å². The summed E-state index contributed by atoms with van der Waals surface area (Å²) in [5.41, 5.74) is 15.7. The fourth-order valence-electron chi connectivity index (χ4n) is 10.3. The van der Waals surface area contributed by atoms with Gasteiger partial charge in [0.05, 0.1) is 50.4 Å². The number of aromatic nitrogens is 3. The van der Waals surface area contributed by atoms with E-state index in [-0.39, 0.29) is 12.0 Å². The molecule has 0 amide bonds. The minimum Gasteiger partial charge on any atom is -0.484 e. The molecule has 0 spiro atoms. The number of allylic oxidation sites excluding steroid dienone is 6. The van der Waals surface area contributed by atoms with Crippen LogP contribution in [-0.2, 0) is 13.0 Å². The number of ether oxygens (including phenoxy) is 1. The maximum Gasteiger partial charge on any atom is 0.137 e. The Morgan fingerprint density at radius 2 is 1.50 bits per heavy atom. The molecule has 0 saturated carbocycles. The fourth-order valence-corrected chi connectivity index (χ4v) is 10.3. The predicted molar refractivity (Wildman–Crippen MR) is 223 cm³/mol. The van der Waals surface area contributed by atoms with Gasteiger partial charge in [-0.2, -0.15) is 10.5 Å². The monoisotopic (exact) mass is 721 g/mol. The minimum atomic E-state index is -0.220. The highest BCUT2D eigenvalue weighted by atomic mass is 16.5. The summed E-state index contributed by atoms with van der Waals surface area (Å²) in [6.07, 6.45) is 23.1. The maximum atomic E-state index is 10.4. The van der Waals surface area contributed by atoms with Gasteiger partial charge in [0.25, 0.3) is 0 Å². The Balaban J connectivity index is 1.09. The Hall–Kier alpha value is -7.02. The van der Waals surface area contributed by atoms with E-state index in [1.807, 2.05) is 12.1 Å². The van der Waals surface area contributed by atoms with Crippen LogP contribution in [0.5, 0.6) is 5.75 Å². The van der Waals surface area contributed by atoms with Crippen molar-refractivity contribution in [1.29, 1.82) is 10.5 Å². The van der Waals surface area contributed by atoms with Crippen LogP contribution in [0.25, 0.3) is 62.3 Å². The first-order valence-corrected chi connectivity index (χ1v) is 19.6. The molecule has 0 fully saturated rings. The van der Waals surface area contributed by atoms with Crippen LogP contribution >= 0.6 is 0 Å². The number of nitriles is 2. The second kappa shape index (κ2) is 11.5. The molecule has 0 radical (unpaired) electrons. The van der Waals surface area contributed by atoms with E-state index in [0.29, 0.717) is 17.0 Å². The van der Waals surface area contributed by atoms with E-state index in [9.17, 15) is 10.5 Å². The molecule has 6 nitrogen and oxygen atoms in total. The second-order valence-electron chi connectivity index (χ2n) is 15.5. The highest BCUT2D eigenvalue weighted by molar-refractivity contribution is 5.99. The van der Waals surface area contributed by atoms with Crippen LogP contribution < -0.4 is 4.74 Å². The van der Waals surface area contributed by atoms with Gasteiger partial charge in [0.2, 0.25) is 0 Å². The van der Waals surface area contributed by atoms with Gasteiger partial charge in [-0.1, -0.05) is 78.9 Å². The van der Waals surface area contributed by atoms with Gasteiger partial charge in [0.15, 0.2) is 0 Å². The molecule has 56 heavy (non-hydrogen) atoms. The Bertz CT molecular complexity index is 3170. The molecule has 4 aliphatic carbocycles. The summed E-state index contributed by atoms with van der Waals surface area (Å²) < 4.78 is 14.4. The average molecular weight is 722 g/mol. The topological polar surface area (TPSA) is 71.6 Å². The highest BCUT2D eigenvalue weighted by Crippen LogP contribution is 2.57. The predicted octanol–water partition coefficient (Wildman–Crippen LogP) is 11.5. The van der Waals surface area contributed by atoms with Gasteiger partial charge in [-0.15, -0.1) is 0 Å². The van der Waals surface area contributed by atoms with E-state index >= 15 is 0 Å². The number of hydrogen-bond donors (Lipinski definition) is 0. The van der Waals surface area contributed by atoms with Gasteiger partial charge in [-0.3, -0.25) is 0 Å². The van der Waals surface area contributed by atoms with Crippen molar-refractivity contribution >= 4 is 50.9 Å². The number of aryl methyl sites for hydroxylation is 2. The van der Waals surface area contributed by atoms with Gasteiger partial charge >= 0.3 is 0 Å². The normalized spacial score (nSPS) is 19.3. The van der Waals surface area contributed by atoms with Gasteiger partial charge in [0.1, 0.15) is 24.0 Å². The first kappa shape index (κ1) is 31.3. The maximum absolute atomic E-state index is 10.4. The van der Waals surface area contributed by atoms with Crippen molar-refractivity contribution < 1.29 is 4.74 Å². The zero-order valence-corrected chi connectivity index (χ0v) is 30.8. The van der Waals surface area contributed by atoms with Crippen LogP contribution in [-0.4, -0.2) is 13.7 Å². The first-order chi connectivity index (χ1) is 27.7. The smallest absolute Gasteiger partial charge is 0.137 e. The molecule has 1 aliphatic heterocycles. The lowest BCUT2D eigenvalue weighted by Gasteiger charge is -2.23. The molecule has 12 rings (SSSR count). The summed E-state index contributed by atoms with van der Waals surface area (Å²) in [4.78, 5) is 0. The van der Waals surface area contributed by atoms with E-state index in [0.717, 1.165) is 76.3 Å². The number of fused-ring (bicyclic) bond motifs is 16. The van der Waals surface area contributed by atoms with Crippen LogP contribution in [0.2, 0.25) is 0 Å². The van der Waals surface area contributed by atoms with Gasteiger partial charge in [-0.05, 0) is 91.4 Å². The summed E-state index contributed by atoms with van der Waals surface area (Å²) >= 11 is 0. The minimum absolute atomic E-state index is 0.0585. The van der Waals surface area contributed by atoms with Crippen LogP contribution in [0, 0.1) is 22.7 Å². The molecule has 4 aromatic carbocycles. The third kappa shape index (κ3) is 4.08. The lowest BCUT2D eigenvalue weighted by molar-refractivity contribution is 0.227. The summed E-state index contributed by atoms with van der Waals surface area (Å²) in [5, 5.41) is 24.4. The molecule has 0 N–H and O–H groups in total. The molecule has 3 atom stereocenters. The molecular formula is C50H35N5O. The molecule has 6 heteroatoms. The van der Waals surface area contributed by atoms with E-state index in [4.69, 9.17) is 4.74 Å². The van der Waals surface area contributed by atoms with E-state index in [1.165, 1.54) is 44.2 Å². The average Bonchev–Trinajstić information content (AvgIpc) is 3.50. The molecule has 3 aromatic heterocycles. The SMILES string of the molecule is C/C=C\CCn1c2c(c3c4c(ccc31)C1C=Cc3c(c5ccccc5n3-c3cc(C#N)c(C#N)cc3-n3c5c(c6ccccc63)[C@@H]3C=C3C=C5)[C@H]1O4)CCC=C2. The molecule has 7 aromatic rings. The third-order valence-electron chi connectivity index (χ3n) is 12.7. The molecule has 0 saturated heterocycles. The Labute approximate surface area is 324 Å². The number of nitrogens with zero attached hydrogens (tertiary/aromatic N) is 5. The Kier molecular flexibility index (Phi) is 6.43. The molecule has 266 valence electrons. The van der Waals surface area contributed by atoms with Crippen molar-refractivity contribution in [3.8, 4) is 29.3 Å². The van der Waals surface area contributed by atoms with Crippen molar-refractivity contribution in [2.45, 2.75) is 50.7 Å². The summed E-state index contributed by atoms with van der Waals surface area (Å²) in [5.74, 6) is 1.38. The van der Waals surface area contributed by atoms with Gasteiger partial charge < -0.3 is 18.4 Å². The number of benzene rings is 4. The lowest BCUT2D eigenvalue weighted by Crippen LogP contribution is -2.14. The molecule has 1 unspecified atom stereocenters. The van der Waals surface area contributed by atoms with Crippen LogP contribution in [0.3, 0.4) is 0 Å². The van der Waals surface area contributed by atoms with Crippen LogP contribution in [0.4, 0.5) is 0 Å². The van der Waals surface area contributed by atoms with Crippen molar-refractivity contribution in [1.82, 2.24) is 13.7 Å². The number of para-hydroxylation sites is 2. The summed E-state index contributed by atoms with van der Waals surface area (Å²) in [6.45, 7) is 3.01. The Morgan fingerprint density at radius 1 is 0.786 bits per heavy atom. The highest BCUT2D eigenvalue weighted by Gasteiger charge is 2.42. The van der Waals surface area contributed by atoms with E-state index in [1.54, 1.807) is 0 Å². The summed E-state index contributed by atoms with van der Waals surface area (Å²) in [6, 6.07) is 30.2. The van der Waals surface area contributed by atoms with Crippen molar-refractivity contribution in [2.24, 2.45) is 0 Å². The number of hydrogen-bond acceptors (Lipinski definition) is 3. The zero-order chi connectivity index (χ0) is 37.2.